The van der Waals surface area contributed by atoms with Crippen LogP contribution in [0.15, 0.2) is 22.7 Å². The van der Waals surface area contributed by atoms with Gasteiger partial charge in [-0.2, -0.15) is 0 Å². The summed E-state index contributed by atoms with van der Waals surface area (Å²) in [6.45, 7) is 4.22. The summed E-state index contributed by atoms with van der Waals surface area (Å²) in [6.07, 6.45) is 0. The van der Waals surface area contributed by atoms with Crippen LogP contribution in [0.25, 0.3) is 0 Å². The lowest BCUT2D eigenvalue weighted by molar-refractivity contribution is -0.385. The van der Waals surface area contributed by atoms with Crippen molar-refractivity contribution in [1.82, 2.24) is 5.32 Å². The standard InChI is InChI=1S/C12H17BrN2O3/c1-9(8-18-2)6-14-7-10-3-4-11(13)12(5-10)15(16)17/h3-5,9,14H,6-8H2,1-2H3. The normalized spacial score (nSPS) is 12.4. The lowest BCUT2D eigenvalue weighted by Gasteiger charge is -2.11. The van der Waals surface area contributed by atoms with Gasteiger partial charge >= 0.3 is 0 Å². The molecule has 1 unspecified atom stereocenters. The number of nitrogens with one attached hydrogen (secondary N) is 1. The van der Waals surface area contributed by atoms with E-state index in [0.29, 0.717) is 23.5 Å². The monoisotopic (exact) mass is 316 g/mol. The van der Waals surface area contributed by atoms with Gasteiger partial charge in [0.2, 0.25) is 0 Å². The number of nitro benzene ring substituents is 1. The van der Waals surface area contributed by atoms with Gasteiger partial charge in [0.1, 0.15) is 0 Å². The third-order valence-electron chi connectivity index (χ3n) is 2.48. The van der Waals surface area contributed by atoms with Crippen LogP contribution in [0, 0.1) is 16.0 Å². The first-order valence-electron chi connectivity index (χ1n) is 5.67. The molecule has 5 nitrogen and oxygen atoms in total. The van der Waals surface area contributed by atoms with Gasteiger partial charge in [0.15, 0.2) is 0 Å². The zero-order valence-corrected chi connectivity index (χ0v) is 12.1. The lowest BCUT2D eigenvalue weighted by atomic mass is 10.1. The van der Waals surface area contributed by atoms with E-state index < -0.39 is 0 Å². The smallest absolute Gasteiger partial charge is 0.283 e. The largest absolute Gasteiger partial charge is 0.384 e. The van der Waals surface area contributed by atoms with Gasteiger partial charge in [-0.1, -0.05) is 13.0 Å². The number of halogens is 1. The average Bonchev–Trinajstić information content (AvgIpc) is 2.31. The predicted molar refractivity (Wildman–Crippen MR) is 73.5 cm³/mol. The highest BCUT2D eigenvalue weighted by molar-refractivity contribution is 9.10. The van der Waals surface area contributed by atoms with E-state index in [1.165, 1.54) is 0 Å². The van der Waals surface area contributed by atoms with Crippen LogP contribution in [-0.4, -0.2) is 25.2 Å². The molecule has 0 saturated carbocycles. The van der Waals surface area contributed by atoms with Gasteiger partial charge in [0.25, 0.3) is 5.69 Å². The Kier molecular flexibility index (Phi) is 6.24. The molecule has 0 saturated heterocycles. The fraction of sp³-hybridized carbons (Fsp3) is 0.500. The van der Waals surface area contributed by atoms with Gasteiger partial charge in [-0.25, -0.2) is 0 Å². The van der Waals surface area contributed by atoms with Gasteiger partial charge in [-0.15, -0.1) is 0 Å². The summed E-state index contributed by atoms with van der Waals surface area (Å²) in [4.78, 5) is 10.4. The number of benzene rings is 1. The fourth-order valence-corrected chi connectivity index (χ4v) is 2.01. The van der Waals surface area contributed by atoms with Gasteiger partial charge in [0, 0.05) is 32.9 Å². The number of methoxy groups -OCH3 is 1. The molecule has 0 aliphatic carbocycles. The second-order valence-electron chi connectivity index (χ2n) is 4.23. The quantitative estimate of drug-likeness (QED) is 0.620. The van der Waals surface area contributed by atoms with Crippen LogP contribution in [0.3, 0.4) is 0 Å². The molecule has 0 aromatic heterocycles. The second kappa shape index (κ2) is 7.45. The molecular weight excluding hydrogens is 300 g/mol. The van der Waals surface area contributed by atoms with E-state index in [2.05, 4.69) is 28.2 Å². The van der Waals surface area contributed by atoms with Crippen molar-refractivity contribution in [3.05, 3.63) is 38.3 Å². The first kappa shape index (κ1) is 15.1. The zero-order valence-electron chi connectivity index (χ0n) is 10.5. The average molecular weight is 317 g/mol. The highest BCUT2D eigenvalue weighted by atomic mass is 79.9. The Bertz CT molecular complexity index is 412. The molecule has 1 aromatic carbocycles. The maximum absolute atomic E-state index is 10.8. The molecule has 1 rings (SSSR count). The molecule has 0 heterocycles. The molecule has 18 heavy (non-hydrogen) atoms. The Labute approximate surface area is 115 Å². The van der Waals surface area contributed by atoms with Gasteiger partial charge in [-0.3, -0.25) is 10.1 Å². The first-order valence-corrected chi connectivity index (χ1v) is 6.46. The summed E-state index contributed by atoms with van der Waals surface area (Å²) in [6, 6.07) is 5.15. The van der Waals surface area contributed by atoms with Crippen LogP contribution in [0.2, 0.25) is 0 Å². The summed E-state index contributed by atoms with van der Waals surface area (Å²) in [5.74, 6) is 0.417. The lowest BCUT2D eigenvalue weighted by Crippen LogP contribution is -2.23. The molecule has 0 radical (unpaired) electrons. The van der Waals surface area contributed by atoms with Crippen molar-refractivity contribution in [2.24, 2.45) is 5.92 Å². The van der Waals surface area contributed by atoms with Crippen molar-refractivity contribution < 1.29 is 9.66 Å². The van der Waals surface area contributed by atoms with Crippen LogP contribution < -0.4 is 5.32 Å². The summed E-state index contributed by atoms with van der Waals surface area (Å²) >= 11 is 3.16. The van der Waals surface area contributed by atoms with Crippen molar-refractivity contribution in [3.63, 3.8) is 0 Å². The van der Waals surface area contributed by atoms with Crippen LogP contribution in [0.4, 0.5) is 5.69 Å². The molecule has 0 aliphatic heterocycles. The van der Waals surface area contributed by atoms with E-state index in [-0.39, 0.29) is 10.6 Å². The topological polar surface area (TPSA) is 64.4 Å². The SMILES string of the molecule is COCC(C)CNCc1ccc(Br)c([N+](=O)[O-])c1. The number of hydrogen-bond donors (Lipinski definition) is 1. The van der Waals surface area contributed by atoms with E-state index in [0.717, 1.165) is 12.1 Å². The van der Waals surface area contributed by atoms with Crippen molar-refractivity contribution >= 4 is 21.6 Å². The van der Waals surface area contributed by atoms with Crippen molar-refractivity contribution in [2.45, 2.75) is 13.5 Å². The van der Waals surface area contributed by atoms with E-state index >= 15 is 0 Å². The van der Waals surface area contributed by atoms with Crippen molar-refractivity contribution in [1.29, 1.82) is 0 Å². The maximum Gasteiger partial charge on any atom is 0.283 e. The Morgan fingerprint density at radius 1 is 1.56 bits per heavy atom. The molecule has 0 fully saturated rings. The minimum atomic E-state index is -0.388. The van der Waals surface area contributed by atoms with Gasteiger partial charge in [0.05, 0.1) is 9.40 Å². The molecular formula is C12H17BrN2O3. The molecule has 0 bridgehead atoms. The molecule has 0 spiro atoms. The highest BCUT2D eigenvalue weighted by Crippen LogP contribution is 2.25. The first-order chi connectivity index (χ1) is 8.54. The Morgan fingerprint density at radius 3 is 2.89 bits per heavy atom. The van der Waals surface area contributed by atoms with Crippen molar-refractivity contribution in [3.8, 4) is 0 Å². The molecule has 100 valence electrons. The molecule has 1 atom stereocenters. The minimum absolute atomic E-state index is 0.0965. The van der Waals surface area contributed by atoms with Crippen LogP contribution in [-0.2, 0) is 11.3 Å². The number of nitro groups is 1. The third-order valence-corrected chi connectivity index (χ3v) is 3.15. The van der Waals surface area contributed by atoms with Crippen LogP contribution in [0.5, 0.6) is 0 Å². The van der Waals surface area contributed by atoms with Gasteiger partial charge < -0.3 is 10.1 Å². The third kappa shape index (κ3) is 4.72. The zero-order chi connectivity index (χ0) is 13.5. The highest BCUT2D eigenvalue weighted by Gasteiger charge is 2.12. The summed E-state index contributed by atoms with van der Waals surface area (Å²) in [5, 5.41) is 14.0. The Balaban J connectivity index is 2.53. The van der Waals surface area contributed by atoms with Gasteiger partial charge in [-0.05, 0) is 33.5 Å². The Hall–Kier alpha value is -0.980. The second-order valence-corrected chi connectivity index (χ2v) is 5.09. The summed E-state index contributed by atoms with van der Waals surface area (Å²) in [5.41, 5.74) is 0.994. The number of ether oxygens (including phenoxy) is 1. The molecule has 0 aliphatic rings. The van der Waals surface area contributed by atoms with E-state index in [1.807, 2.05) is 6.07 Å². The fourth-order valence-electron chi connectivity index (χ4n) is 1.61. The summed E-state index contributed by atoms with van der Waals surface area (Å²) in [7, 11) is 1.68. The number of hydrogen-bond acceptors (Lipinski definition) is 4. The van der Waals surface area contributed by atoms with E-state index in [1.54, 1.807) is 19.2 Å². The van der Waals surface area contributed by atoms with E-state index in [9.17, 15) is 10.1 Å². The molecule has 1 aromatic rings. The molecule has 1 N–H and O–H groups in total. The molecule has 0 amide bonds. The number of nitrogens with zero attached hydrogens (tertiary/aromatic N) is 1. The van der Waals surface area contributed by atoms with Crippen molar-refractivity contribution in [2.75, 3.05) is 20.3 Å². The van der Waals surface area contributed by atoms with E-state index in [4.69, 9.17) is 4.74 Å². The maximum atomic E-state index is 10.8. The molecule has 6 heteroatoms. The summed E-state index contributed by atoms with van der Waals surface area (Å²) < 4.78 is 5.54. The van der Waals surface area contributed by atoms with Crippen LogP contribution in [0.1, 0.15) is 12.5 Å². The minimum Gasteiger partial charge on any atom is -0.384 e. The number of rotatable bonds is 7. The predicted octanol–water partition coefficient (Wildman–Crippen LogP) is 2.73. The Morgan fingerprint density at radius 2 is 2.28 bits per heavy atom. The van der Waals surface area contributed by atoms with Crippen LogP contribution >= 0.6 is 15.9 Å².